The fourth-order valence-electron chi connectivity index (χ4n) is 1.62. The van der Waals surface area contributed by atoms with Crippen LogP contribution in [0, 0.1) is 0 Å². The van der Waals surface area contributed by atoms with Crippen molar-refractivity contribution in [1.29, 1.82) is 0 Å². The topological polar surface area (TPSA) is 42.2 Å². The van der Waals surface area contributed by atoms with Crippen LogP contribution in [0.2, 0.25) is 0 Å². The molecule has 2 rings (SSSR count). The van der Waals surface area contributed by atoms with E-state index in [-0.39, 0.29) is 18.2 Å². The minimum Gasteiger partial charge on any atom is -0.395 e. The lowest BCUT2D eigenvalue weighted by atomic mass is 9.98. The summed E-state index contributed by atoms with van der Waals surface area (Å²) < 4.78 is 0. The van der Waals surface area contributed by atoms with Gasteiger partial charge in [-0.25, -0.2) is 0 Å². The van der Waals surface area contributed by atoms with Gasteiger partial charge in [-0.1, -0.05) is 30.3 Å². The van der Waals surface area contributed by atoms with Crippen molar-refractivity contribution in [2.45, 2.75) is 18.5 Å². The second-order valence-corrected chi connectivity index (χ2v) is 3.45. The van der Waals surface area contributed by atoms with Gasteiger partial charge in [0.25, 0.3) is 0 Å². The summed E-state index contributed by atoms with van der Waals surface area (Å²) >= 11 is 0. The van der Waals surface area contributed by atoms with Crippen molar-refractivity contribution in [2.75, 3.05) is 6.61 Å². The van der Waals surface area contributed by atoms with Crippen LogP contribution in [-0.2, 0) is 5.54 Å². The molecule has 64 valence electrons. The Labute approximate surface area is 72.2 Å². The first-order valence-electron chi connectivity index (χ1n) is 4.21. The minimum atomic E-state index is 0.00993. The van der Waals surface area contributed by atoms with Gasteiger partial charge in [0, 0.05) is 0 Å². The summed E-state index contributed by atoms with van der Waals surface area (Å²) in [6.07, 6.45) is 0. The van der Waals surface area contributed by atoms with Gasteiger partial charge in [0.05, 0.1) is 18.2 Å². The highest BCUT2D eigenvalue weighted by Crippen LogP contribution is 2.36. The maximum Gasteiger partial charge on any atom is 0.0606 e. The summed E-state index contributed by atoms with van der Waals surface area (Å²) in [5.74, 6) is 0. The molecule has 1 heterocycles. The Balaban J connectivity index is 2.23. The van der Waals surface area contributed by atoms with Crippen LogP contribution >= 0.6 is 0 Å². The highest BCUT2D eigenvalue weighted by molar-refractivity contribution is 5.32. The Morgan fingerprint density at radius 1 is 1.42 bits per heavy atom. The van der Waals surface area contributed by atoms with Crippen molar-refractivity contribution in [1.82, 2.24) is 5.32 Å². The molecule has 0 spiro atoms. The van der Waals surface area contributed by atoms with Crippen molar-refractivity contribution in [3.05, 3.63) is 35.9 Å². The average Bonchev–Trinajstić information content (AvgIpc) is 2.81. The van der Waals surface area contributed by atoms with Gasteiger partial charge in [0.2, 0.25) is 0 Å². The summed E-state index contributed by atoms with van der Waals surface area (Å²) in [7, 11) is 0. The standard InChI is InChI=1S/C10H13NO/c1-10(9(7-12)11-10)8-5-3-2-4-6-8/h2-6,9,11-12H,7H2,1H3/t9-,10-/m1/s1. The van der Waals surface area contributed by atoms with Crippen LogP contribution in [0.1, 0.15) is 12.5 Å². The molecule has 1 aliphatic rings. The molecule has 2 atom stereocenters. The highest BCUT2D eigenvalue weighted by atomic mass is 16.3. The van der Waals surface area contributed by atoms with E-state index in [2.05, 4.69) is 24.4 Å². The third kappa shape index (κ3) is 1.04. The zero-order valence-corrected chi connectivity index (χ0v) is 7.12. The maximum absolute atomic E-state index is 8.94. The molecule has 0 unspecified atom stereocenters. The van der Waals surface area contributed by atoms with Crippen LogP contribution in [0.15, 0.2) is 30.3 Å². The van der Waals surface area contributed by atoms with Crippen LogP contribution in [0.3, 0.4) is 0 Å². The van der Waals surface area contributed by atoms with Crippen molar-refractivity contribution in [2.24, 2.45) is 0 Å². The van der Waals surface area contributed by atoms with Crippen molar-refractivity contribution < 1.29 is 5.11 Å². The number of hydrogen-bond donors (Lipinski definition) is 2. The van der Waals surface area contributed by atoms with Gasteiger partial charge in [0.1, 0.15) is 0 Å². The fourth-order valence-corrected chi connectivity index (χ4v) is 1.62. The lowest BCUT2D eigenvalue weighted by molar-refractivity contribution is 0.289. The van der Waals surface area contributed by atoms with E-state index in [9.17, 15) is 0 Å². The second kappa shape index (κ2) is 2.57. The molecule has 1 aromatic carbocycles. The number of aliphatic hydroxyl groups is 1. The molecule has 1 saturated heterocycles. The van der Waals surface area contributed by atoms with Crippen molar-refractivity contribution in [3.63, 3.8) is 0 Å². The molecule has 1 fully saturated rings. The third-order valence-electron chi connectivity index (χ3n) is 2.64. The van der Waals surface area contributed by atoms with Gasteiger partial charge < -0.3 is 5.11 Å². The van der Waals surface area contributed by atoms with E-state index in [1.54, 1.807) is 0 Å². The summed E-state index contributed by atoms with van der Waals surface area (Å²) in [6, 6.07) is 10.5. The molecule has 0 aliphatic carbocycles. The molecule has 12 heavy (non-hydrogen) atoms. The molecular formula is C10H13NO. The van der Waals surface area contributed by atoms with Crippen LogP contribution in [0.25, 0.3) is 0 Å². The summed E-state index contributed by atoms with van der Waals surface area (Å²) in [6.45, 7) is 2.33. The van der Waals surface area contributed by atoms with E-state index in [0.29, 0.717) is 0 Å². The summed E-state index contributed by atoms with van der Waals surface area (Å²) in [5, 5.41) is 12.2. The molecule has 1 aromatic rings. The Bertz CT molecular complexity index is 272. The largest absolute Gasteiger partial charge is 0.395 e. The van der Waals surface area contributed by atoms with Gasteiger partial charge in [-0.15, -0.1) is 0 Å². The van der Waals surface area contributed by atoms with E-state index in [0.717, 1.165) is 0 Å². The fraction of sp³-hybridized carbons (Fsp3) is 0.400. The number of hydrogen-bond acceptors (Lipinski definition) is 2. The third-order valence-corrected chi connectivity index (χ3v) is 2.64. The normalized spacial score (nSPS) is 33.3. The number of nitrogens with one attached hydrogen (secondary N) is 1. The van der Waals surface area contributed by atoms with E-state index in [4.69, 9.17) is 5.11 Å². The van der Waals surface area contributed by atoms with E-state index in [1.165, 1.54) is 5.56 Å². The van der Waals surface area contributed by atoms with E-state index < -0.39 is 0 Å². The first-order valence-corrected chi connectivity index (χ1v) is 4.21. The summed E-state index contributed by atoms with van der Waals surface area (Å²) in [4.78, 5) is 0. The van der Waals surface area contributed by atoms with Crippen LogP contribution in [0.5, 0.6) is 0 Å². The van der Waals surface area contributed by atoms with Gasteiger partial charge in [0.15, 0.2) is 0 Å². The smallest absolute Gasteiger partial charge is 0.0606 e. The van der Waals surface area contributed by atoms with Gasteiger partial charge in [-0.05, 0) is 12.5 Å². The van der Waals surface area contributed by atoms with E-state index in [1.807, 2.05) is 18.2 Å². The minimum absolute atomic E-state index is 0.00993. The molecule has 2 nitrogen and oxygen atoms in total. The van der Waals surface area contributed by atoms with Crippen LogP contribution < -0.4 is 5.32 Å². The maximum atomic E-state index is 8.94. The first kappa shape index (κ1) is 7.77. The first-order chi connectivity index (χ1) is 5.77. The predicted molar refractivity (Wildman–Crippen MR) is 47.8 cm³/mol. The molecule has 0 radical (unpaired) electrons. The average molecular weight is 163 g/mol. The Hall–Kier alpha value is -0.860. The van der Waals surface area contributed by atoms with Gasteiger partial charge >= 0.3 is 0 Å². The molecule has 1 aliphatic heterocycles. The zero-order chi connectivity index (χ0) is 8.60. The Kier molecular flexibility index (Phi) is 1.67. The molecule has 2 N–H and O–H groups in total. The van der Waals surface area contributed by atoms with E-state index >= 15 is 0 Å². The van der Waals surface area contributed by atoms with Gasteiger partial charge in [-0.3, -0.25) is 5.32 Å². The SMILES string of the molecule is C[C@]1(c2ccccc2)N[C@@H]1CO. The monoisotopic (exact) mass is 163 g/mol. The van der Waals surface area contributed by atoms with Crippen LogP contribution in [0.4, 0.5) is 0 Å². The second-order valence-electron chi connectivity index (χ2n) is 3.45. The quantitative estimate of drug-likeness (QED) is 0.635. The Morgan fingerprint density at radius 3 is 2.58 bits per heavy atom. The Morgan fingerprint density at radius 2 is 2.08 bits per heavy atom. The lowest BCUT2D eigenvalue weighted by Crippen LogP contribution is -2.10. The molecule has 2 heteroatoms. The van der Waals surface area contributed by atoms with Crippen LogP contribution in [-0.4, -0.2) is 17.8 Å². The predicted octanol–water partition coefficient (Wildman–Crippen LogP) is 0.866. The highest BCUT2D eigenvalue weighted by Gasteiger charge is 2.49. The lowest BCUT2D eigenvalue weighted by Gasteiger charge is -2.07. The van der Waals surface area contributed by atoms with Gasteiger partial charge in [-0.2, -0.15) is 0 Å². The number of benzene rings is 1. The summed E-state index contributed by atoms with van der Waals surface area (Å²) in [5.41, 5.74) is 1.26. The zero-order valence-electron chi connectivity index (χ0n) is 7.12. The molecule has 0 amide bonds. The molecule has 0 bridgehead atoms. The number of aliphatic hydroxyl groups excluding tert-OH is 1. The van der Waals surface area contributed by atoms with Crippen molar-refractivity contribution >= 4 is 0 Å². The molecule has 0 aromatic heterocycles. The molecular weight excluding hydrogens is 150 g/mol. The molecule has 0 saturated carbocycles. The number of rotatable bonds is 2. The van der Waals surface area contributed by atoms with Crippen molar-refractivity contribution in [3.8, 4) is 0 Å².